The molecule has 1 aromatic rings. The molecule has 15 heavy (non-hydrogen) atoms. The zero-order valence-electron chi connectivity index (χ0n) is 9.66. The molecule has 1 fully saturated rings. The maximum atomic E-state index is 5.76. The second kappa shape index (κ2) is 4.13. The summed E-state index contributed by atoms with van der Waals surface area (Å²) in [5, 5.41) is 0. The van der Waals surface area contributed by atoms with E-state index >= 15 is 0 Å². The number of nitrogen functional groups attached to an aromatic ring is 1. The van der Waals surface area contributed by atoms with Gasteiger partial charge in [-0.2, -0.15) is 0 Å². The van der Waals surface area contributed by atoms with Gasteiger partial charge in [-0.3, -0.25) is 0 Å². The van der Waals surface area contributed by atoms with Gasteiger partial charge in [0.2, 0.25) is 0 Å². The first-order valence-electron chi connectivity index (χ1n) is 5.78. The van der Waals surface area contributed by atoms with Crippen LogP contribution in [0.4, 0.5) is 11.4 Å². The molecule has 0 aromatic heterocycles. The minimum Gasteiger partial charge on any atom is -0.399 e. The fourth-order valence-corrected chi connectivity index (χ4v) is 2.28. The highest BCUT2D eigenvalue weighted by atomic mass is 15.1. The van der Waals surface area contributed by atoms with Gasteiger partial charge in [0.1, 0.15) is 0 Å². The van der Waals surface area contributed by atoms with E-state index in [9.17, 15) is 0 Å². The number of anilines is 2. The SMILES string of the molecule is Cc1cc(N)ccc1N1CCC(C)CC1. The van der Waals surface area contributed by atoms with Gasteiger partial charge in [-0.25, -0.2) is 0 Å². The summed E-state index contributed by atoms with van der Waals surface area (Å²) in [7, 11) is 0. The van der Waals surface area contributed by atoms with Crippen LogP contribution >= 0.6 is 0 Å². The van der Waals surface area contributed by atoms with Gasteiger partial charge in [-0.15, -0.1) is 0 Å². The average Bonchev–Trinajstić information content (AvgIpc) is 2.20. The summed E-state index contributed by atoms with van der Waals surface area (Å²) in [4.78, 5) is 2.48. The molecular formula is C13H20N2. The first-order chi connectivity index (χ1) is 7.16. The lowest BCUT2D eigenvalue weighted by atomic mass is 9.98. The van der Waals surface area contributed by atoms with Crippen molar-refractivity contribution in [2.75, 3.05) is 23.7 Å². The Bertz CT molecular complexity index is 338. The van der Waals surface area contributed by atoms with E-state index < -0.39 is 0 Å². The molecule has 1 aliphatic rings. The van der Waals surface area contributed by atoms with Crippen molar-refractivity contribution in [1.82, 2.24) is 0 Å². The molecule has 0 amide bonds. The number of hydrogen-bond acceptors (Lipinski definition) is 2. The van der Waals surface area contributed by atoms with Crippen molar-refractivity contribution in [3.63, 3.8) is 0 Å². The average molecular weight is 204 g/mol. The van der Waals surface area contributed by atoms with E-state index in [1.54, 1.807) is 0 Å². The Kier molecular flexibility index (Phi) is 2.85. The quantitative estimate of drug-likeness (QED) is 0.713. The maximum Gasteiger partial charge on any atom is 0.0397 e. The minimum absolute atomic E-state index is 0.863. The van der Waals surface area contributed by atoms with E-state index in [1.165, 1.54) is 37.2 Å². The first kappa shape index (κ1) is 10.3. The van der Waals surface area contributed by atoms with Crippen molar-refractivity contribution in [3.8, 4) is 0 Å². The molecule has 2 rings (SSSR count). The van der Waals surface area contributed by atoms with Gasteiger partial charge in [-0.05, 0) is 49.4 Å². The van der Waals surface area contributed by atoms with Crippen molar-refractivity contribution >= 4 is 11.4 Å². The third-order valence-electron chi connectivity index (χ3n) is 3.35. The van der Waals surface area contributed by atoms with Gasteiger partial charge >= 0.3 is 0 Å². The van der Waals surface area contributed by atoms with Crippen LogP contribution in [0.25, 0.3) is 0 Å². The van der Waals surface area contributed by atoms with E-state index in [1.807, 2.05) is 6.07 Å². The second-order valence-corrected chi connectivity index (χ2v) is 4.72. The van der Waals surface area contributed by atoms with E-state index in [0.717, 1.165) is 11.6 Å². The molecule has 82 valence electrons. The van der Waals surface area contributed by atoms with Crippen LogP contribution in [0.3, 0.4) is 0 Å². The molecule has 0 spiro atoms. The number of nitrogens with two attached hydrogens (primary N) is 1. The van der Waals surface area contributed by atoms with E-state index in [2.05, 4.69) is 30.9 Å². The van der Waals surface area contributed by atoms with Gasteiger partial charge in [0.05, 0.1) is 0 Å². The van der Waals surface area contributed by atoms with Crippen LogP contribution in [-0.4, -0.2) is 13.1 Å². The third kappa shape index (κ3) is 2.25. The molecule has 1 aliphatic heterocycles. The lowest BCUT2D eigenvalue weighted by molar-refractivity contribution is 0.438. The highest BCUT2D eigenvalue weighted by Crippen LogP contribution is 2.26. The van der Waals surface area contributed by atoms with Crippen molar-refractivity contribution in [2.45, 2.75) is 26.7 Å². The highest BCUT2D eigenvalue weighted by molar-refractivity contribution is 5.59. The highest BCUT2D eigenvalue weighted by Gasteiger charge is 2.16. The Hall–Kier alpha value is -1.18. The molecular weight excluding hydrogens is 184 g/mol. The molecule has 2 heteroatoms. The largest absolute Gasteiger partial charge is 0.399 e. The smallest absolute Gasteiger partial charge is 0.0397 e. The molecule has 2 nitrogen and oxygen atoms in total. The number of aryl methyl sites for hydroxylation is 1. The molecule has 0 bridgehead atoms. The summed E-state index contributed by atoms with van der Waals surface area (Å²) >= 11 is 0. The van der Waals surface area contributed by atoms with Crippen LogP contribution in [0.5, 0.6) is 0 Å². The topological polar surface area (TPSA) is 29.3 Å². The van der Waals surface area contributed by atoms with Crippen LogP contribution in [0.1, 0.15) is 25.3 Å². The third-order valence-corrected chi connectivity index (χ3v) is 3.35. The number of benzene rings is 1. The van der Waals surface area contributed by atoms with Gasteiger partial charge in [0.15, 0.2) is 0 Å². The zero-order chi connectivity index (χ0) is 10.8. The summed E-state index contributed by atoms with van der Waals surface area (Å²) in [6, 6.07) is 6.22. The molecule has 1 aromatic carbocycles. The fourth-order valence-electron chi connectivity index (χ4n) is 2.28. The predicted molar refractivity (Wildman–Crippen MR) is 66.2 cm³/mol. The molecule has 0 unspecified atom stereocenters. The fraction of sp³-hybridized carbons (Fsp3) is 0.538. The molecule has 1 heterocycles. The Morgan fingerprint density at radius 2 is 1.93 bits per heavy atom. The number of hydrogen-bond donors (Lipinski definition) is 1. The van der Waals surface area contributed by atoms with Crippen LogP contribution < -0.4 is 10.6 Å². The summed E-state index contributed by atoms with van der Waals surface area (Å²) in [5.41, 5.74) is 9.28. The van der Waals surface area contributed by atoms with Gasteiger partial charge in [-0.1, -0.05) is 6.92 Å². The van der Waals surface area contributed by atoms with Crippen LogP contribution in [-0.2, 0) is 0 Å². The molecule has 2 N–H and O–H groups in total. The molecule has 0 saturated carbocycles. The number of nitrogens with zero attached hydrogens (tertiary/aromatic N) is 1. The van der Waals surface area contributed by atoms with E-state index in [0.29, 0.717) is 0 Å². The lowest BCUT2D eigenvalue weighted by Crippen LogP contribution is -2.33. The van der Waals surface area contributed by atoms with E-state index in [4.69, 9.17) is 5.73 Å². The number of piperidine rings is 1. The van der Waals surface area contributed by atoms with Crippen LogP contribution in [0, 0.1) is 12.8 Å². The Labute approximate surface area is 92.1 Å². The summed E-state index contributed by atoms with van der Waals surface area (Å²) in [5.74, 6) is 0.885. The summed E-state index contributed by atoms with van der Waals surface area (Å²) < 4.78 is 0. The number of rotatable bonds is 1. The lowest BCUT2D eigenvalue weighted by Gasteiger charge is -2.33. The molecule has 1 saturated heterocycles. The normalized spacial score (nSPS) is 18.1. The van der Waals surface area contributed by atoms with E-state index in [-0.39, 0.29) is 0 Å². The second-order valence-electron chi connectivity index (χ2n) is 4.72. The predicted octanol–water partition coefficient (Wildman–Crippen LogP) is 2.81. The molecule has 0 aliphatic carbocycles. The molecule has 0 radical (unpaired) electrons. The Balaban J connectivity index is 2.15. The van der Waals surface area contributed by atoms with Crippen molar-refractivity contribution in [3.05, 3.63) is 23.8 Å². The minimum atomic E-state index is 0.863. The van der Waals surface area contributed by atoms with Crippen molar-refractivity contribution < 1.29 is 0 Å². The van der Waals surface area contributed by atoms with Crippen LogP contribution in [0.2, 0.25) is 0 Å². The summed E-state index contributed by atoms with van der Waals surface area (Å²) in [6.07, 6.45) is 2.62. The van der Waals surface area contributed by atoms with Crippen molar-refractivity contribution in [2.24, 2.45) is 5.92 Å². The van der Waals surface area contributed by atoms with Gasteiger partial charge in [0, 0.05) is 24.5 Å². The Morgan fingerprint density at radius 1 is 1.27 bits per heavy atom. The first-order valence-corrected chi connectivity index (χ1v) is 5.78. The maximum absolute atomic E-state index is 5.76. The molecule has 0 atom stereocenters. The van der Waals surface area contributed by atoms with Gasteiger partial charge in [0.25, 0.3) is 0 Å². The Morgan fingerprint density at radius 3 is 2.53 bits per heavy atom. The zero-order valence-corrected chi connectivity index (χ0v) is 9.66. The standard InChI is InChI=1S/C13H20N2/c1-10-5-7-15(8-6-10)13-4-3-12(14)9-11(13)2/h3-4,9-10H,5-8,14H2,1-2H3. The summed E-state index contributed by atoms with van der Waals surface area (Å²) in [6.45, 7) is 6.86. The monoisotopic (exact) mass is 204 g/mol. The van der Waals surface area contributed by atoms with Crippen LogP contribution in [0.15, 0.2) is 18.2 Å². The van der Waals surface area contributed by atoms with Crippen molar-refractivity contribution in [1.29, 1.82) is 0 Å². The van der Waals surface area contributed by atoms with Gasteiger partial charge < -0.3 is 10.6 Å².